The van der Waals surface area contributed by atoms with Gasteiger partial charge in [-0.25, -0.2) is 0 Å². The summed E-state index contributed by atoms with van der Waals surface area (Å²) in [5.41, 5.74) is 0. The van der Waals surface area contributed by atoms with Crippen molar-refractivity contribution < 1.29 is 28.4 Å². The summed E-state index contributed by atoms with van der Waals surface area (Å²) in [7, 11) is 0. The quantitative estimate of drug-likeness (QED) is 0.253. The van der Waals surface area contributed by atoms with E-state index in [0.29, 0.717) is 39.6 Å². The van der Waals surface area contributed by atoms with E-state index in [4.69, 9.17) is 28.4 Å². The lowest BCUT2D eigenvalue weighted by Crippen LogP contribution is -1.99. The second-order valence-corrected chi connectivity index (χ2v) is 9.65. The number of hydrogen-bond acceptors (Lipinski definition) is 6. The number of hydrogen-bond donors (Lipinski definition) is 0. The summed E-state index contributed by atoms with van der Waals surface area (Å²) in [5, 5.41) is 0. The molecule has 0 amide bonds. The molecule has 6 nitrogen and oxygen atoms in total. The van der Waals surface area contributed by atoms with Gasteiger partial charge in [-0.15, -0.1) is 0 Å². The van der Waals surface area contributed by atoms with Gasteiger partial charge in [0.15, 0.2) is 0 Å². The SMILES string of the molecule is C1=CCCOc2ccc(cc2)OCCC=CCCOc2ccc(cc2)OCCC=CCCOc2ccc(cc2)OCC1. The Morgan fingerprint density at radius 2 is 0.381 bits per heavy atom. The van der Waals surface area contributed by atoms with Crippen molar-refractivity contribution in [2.24, 2.45) is 0 Å². The van der Waals surface area contributed by atoms with Crippen molar-refractivity contribution in [2.45, 2.75) is 38.5 Å². The standard InChI is InChI=1S/C36H42O6/c1-2-8-26-38-32-17-19-34(20-18-32)40-28-10-5-6-12-30-42-36-23-21-35(22-24-36)41-29-11-4-3-9-27-39-33-15-13-31(14-16-33)37-25-7-1/h1-6,13-24H,7-12,25-30H2. The highest BCUT2D eigenvalue weighted by molar-refractivity contribution is 5.33. The Morgan fingerprint density at radius 3 is 0.524 bits per heavy atom. The van der Waals surface area contributed by atoms with Crippen LogP contribution in [-0.4, -0.2) is 39.6 Å². The van der Waals surface area contributed by atoms with Crippen LogP contribution in [-0.2, 0) is 0 Å². The third-order valence-corrected chi connectivity index (χ3v) is 6.29. The van der Waals surface area contributed by atoms with Crippen molar-refractivity contribution >= 4 is 0 Å². The molecule has 0 aromatic heterocycles. The molecule has 0 saturated heterocycles. The van der Waals surface area contributed by atoms with E-state index in [1.54, 1.807) is 0 Å². The van der Waals surface area contributed by atoms with Crippen LogP contribution >= 0.6 is 0 Å². The first-order chi connectivity index (χ1) is 20.8. The Balaban J connectivity index is 1.23. The molecule has 0 fully saturated rings. The van der Waals surface area contributed by atoms with Crippen molar-refractivity contribution in [3.05, 3.63) is 109 Å². The van der Waals surface area contributed by atoms with Gasteiger partial charge in [-0.2, -0.15) is 0 Å². The van der Waals surface area contributed by atoms with Crippen LogP contribution in [0.25, 0.3) is 0 Å². The van der Waals surface area contributed by atoms with Gasteiger partial charge in [-0.05, 0) is 111 Å². The van der Waals surface area contributed by atoms with Gasteiger partial charge >= 0.3 is 0 Å². The Bertz CT molecular complexity index is 965. The zero-order chi connectivity index (χ0) is 28.9. The van der Waals surface area contributed by atoms with Crippen LogP contribution in [0.1, 0.15) is 38.5 Å². The van der Waals surface area contributed by atoms with Gasteiger partial charge in [0.25, 0.3) is 0 Å². The van der Waals surface area contributed by atoms with Crippen molar-refractivity contribution in [2.75, 3.05) is 39.6 Å². The molecule has 0 atom stereocenters. The second-order valence-electron chi connectivity index (χ2n) is 9.65. The highest BCUT2D eigenvalue weighted by Gasteiger charge is 1.99. The summed E-state index contributed by atoms with van der Waals surface area (Å²) in [6.45, 7) is 3.77. The topological polar surface area (TPSA) is 55.4 Å². The molecule has 0 aliphatic carbocycles. The number of rotatable bonds is 0. The molecule has 3 aromatic rings. The van der Waals surface area contributed by atoms with E-state index in [1.807, 2.05) is 72.8 Å². The number of benzene rings is 3. The minimum Gasteiger partial charge on any atom is -0.493 e. The van der Waals surface area contributed by atoms with Gasteiger partial charge in [0, 0.05) is 0 Å². The fourth-order valence-corrected chi connectivity index (χ4v) is 4.07. The van der Waals surface area contributed by atoms with Crippen LogP contribution < -0.4 is 28.4 Å². The molecule has 4 heterocycles. The summed E-state index contributed by atoms with van der Waals surface area (Å²) in [4.78, 5) is 0. The second kappa shape index (κ2) is 18.9. The summed E-state index contributed by atoms with van der Waals surface area (Å²) in [5.74, 6) is 5.05. The number of ether oxygens (including phenoxy) is 6. The van der Waals surface area contributed by atoms with E-state index in [2.05, 4.69) is 36.5 Å². The molecule has 0 spiro atoms. The van der Waals surface area contributed by atoms with E-state index in [0.717, 1.165) is 73.0 Å². The summed E-state index contributed by atoms with van der Waals surface area (Å²) in [6.07, 6.45) is 17.8. The lowest BCUT2D eigenvalue weighted by molar-refractivity contribution is 0.312. The van der Waals surface area contributed by atoms with E-state index in [-0.39, 0.29) is 0 Å². The summed E-state index contributed by atoms with van der Waals surface area (Å²) >= 11 is 0. The molecule has 42 heavy (non-hydrogen) atoms. The molecule has 0 unspecified atom stereocenters. The maximum atomic E-state index is 5.83. The zero-order valence-electron chi connectivity index (χ0n) is 24.3. The van der Waals surface area contributed by atoms with Crippen LogP contribution in [0.2, 0.25) is 0 Å². The van der Waals surface area contributed by atoms with Crippen molar-refractivity contribution in [3.8, 4) is 34.5 Å². The molecule has 7 rings (SSSR count). The minimum atomic E-state index is 0.628. The van der Waals surface area contributed by atoms with E-state index in [9.17, 15) is 0 Å². The minimum absolute atomic E-state index is 0.628. The smallest absolute Gasteiger partial charge is 0.119 e. The highest BCUT2D eigenvalue weighted by Crippen LogP contribution is 2.20. The average Bonchev–Trinajstić information content (AvgIpc) is 3.02. The predicted octanol–water partition coefficient (Wildman–Crippen LogP) is 8.38. The fraction of sp³-hybridized carbons (Fsp3) is 0.333. The molecular weight excluding hydrogens is 528 g/mol. The maximum absolute atomic E-state index is 5.83. The largest absolute Gasteiger partial charge is 0.493 e. The van der Waals surface area contributed by atoms with Crippen molar-refractivity contribution in [3.63, 3.8) is 0 Å². The number of fused-ring (bicyclic) bond motifs is 3. The first-order valence-electron chi connectivity index (χ1n) is 14.9. The molecule has 222 valence electrons. The Hall–Kier alpha value is -4.32. The van der Waals surface area contributed by atoms with E-state index < -0.39 is 0 Å². The summed E-state index contributed by atoms with van der Waals surface area (Å²) < 4.78 is 35.0. The zero-order valence-corrected chi connectivity index (χ0v) is 24.3. The molecule has 0 radical (unpaired) electrons. The van der Waals surface area contributed by atoms with Crippen molar-refractivity contribution in [1.29, 1.82) is 0 Å². The molecule has 6 bridgehead atoms. The van der Waals surface area contributed by atoms with Gasteiger partial charge < -0.3 is 28.4 Å². The molecule has 6 heteroatoms. The van der Waals surface area contributed by atoms with Gasteiger partial charge in [0.2, 0.25) is 0 Å². The lowest BCUT2D eigenvalue weighted by atomic mass is 10.3. The molecule has 0 saturated carbocycles. The maximum Gasteiger partial charge on any atom is 0.119 e. The monoisotopic (exact) mass is 570 g/mol. The van der Waals surface area contributed by atoms with Gasteiger partial charge in [-0.3, -0.25) is 0 Å². The molecular formula is C36H42O6. The Labute approximate surface area is 250 Å². The lowest BCUT2D eigenvalue weighted by Gasteiger charge is -2.08. The van der Waals surface area contributed by atoms with Gasteiger partial charge in [0.1, 0.15) is 34.5 Å². The van der Waals surface area contributed by atoms with Gasteiger partial charge in [0.05, 0.1) is 39.6 Å². The Morgan fingerprint density at radius 1 is 0.238 bits per heavy atom. The first-order valence-corrected chi connectivity index (χ1v) is 14.9. The van der Waals surface area contributed by atoms with Crippen LogP contribution in [0.4, 0.5) is 0 Å². The first kappa shape index (κ1) is 30.6. The van der Waals surface area contributed by atoms with Crippen LogP contribution in [0, 0.1) is 0 Å². The third kappa shape index (κ3) is 12.5. The molecule has 0 N–H and O–H groups in total. The van der Waals surface area contributed by atoms with Gasteiger partial charge in [-0.1, -0.05) is 36.5 Å². The van der Waals surface area contributed by atoms with Crippen LogP contribution in [0.5, 0.6) is 34.5 Å². The molecule has 4 aliphatic heterocycles. The molecule has 4 aliphatic rings. The Kier molecular flexibility index (Phi) is 13.8. The predicted molar refractivity (Wildman–Crippen MR) is 167 cm³/mol. The summed E-state index contributed by atoms with van der Waals surface area (Å²) in [6, 6.07) is 23.3. The van der Waals surface area contributed by atoms with Crippen LogP contribution in [0.3, 0.4) is 0 Å². The average molecular weight is 571 g/mol. The van der Waals surface area contributed by atoms with E-state index >= 15 is 0 Å². The molecule has 3 aromatic carbocycles. The van der Waals surface area contributed by atoms with E-state index in [1.165, 1.54) is 0 Å². The third-order valence-electron chi connectivity index (χ3n) is 6.29. The van der Waals surface area contributed by atoms with Crippen LogP contribution in [0.15, 0.2) is 109 Å². The van der Waals surface area contributed by atoms with Crippen molar-refractivity contribution in [1.82, 2.24) is 0 Å². The normalized spacial score (nSPS) is 16.3. The fourth-order valence-electron chi connectivity index (χ4n) is 4.07. The highest BCUT2D eigenvalue weighted by atomic mass is 16.5.